The van der Waals surface area contributed by atoms with Gasteiger partial charge in [-0.1, -0.05) is 74.2 Å². The standard InChI is InChI=1S/C46H37N3O6/c50-41-33-19-29-21-35-36(46(54)49(45(35)53)39-13-7-6-12-32(39)28-15-14-27(18-28)26-10-4-5-11-26)22-30(29)20-34(33)42(51)40(41)43-47-38-17-16-31(23-37(38)44(52)48-43)55-24-25-8-2-1-3-9-25/h1-3,6-9,12-13,16-17,19-23,26-28,40H,4-5,10-11,14-15,18,24H2,(H,47,48,52). The number of imide groups is 1. The third-order valence-electron chi connectivity index (χ3n) is 12.4. The Kier molecular flexibility index (Phi) is 7.87. The number of hydrogen-bond acceptors (Lipinski definition) is 7. The van der Waals surface area contributed by atoms with Crippen LogP contribution in [0.15, 0.2) is 102 Å². The molecule has 272 valence electrons. The average molecular weight is 728 g/mol. The van der Waals surface area contributed by atoms with Gasteiger partial charge in [0.25, 0.3) is 17.4 Å². The van der Waals surface area contributed by atoms with Crippen molar-refractivity contribution in [2.24, 2.45) is 11.8 Å². The molecule has 6 aromatic rings. The van der Waals surface area contributed by atoms with Crippen LogP contribution in [0.5, 0.6) is 5.75 Å². The SMILES string of the molecule is O=C1c2cc3cc4c(cc3cc2C(=O)C1c1nc2ccc(OCc3ccccc3)cc2c(=O)[nH]1)C(=O)N(c1ccccc1C1CCC(C2CCCC2)C1)C4=O. The van der Waals surface area contributed by atoms with Gasteiger partial charge in [-0.15, -0.1) is 0 Å². The second kappa shape index (κ2) is 13.0. The van der Waals surface area contributed by atoms with Crippen molar-refractivity contribution in [2.45, 2.75) is 63.4 Å². The number of aromatic amines is 1. The number of Topliss-reactive ketones (excluding diaryl/α,β-unsaturated/α-hetero) is 2. The van der Waals surface area contributed by atoms with Crippen LogP contribution >= 0.6 is 0 Å². The number of rotatable bonds is 7. The van der Waals surface area contributed by atoms with E-state index in [9.17, 15) is 24.0 Å². The Bertz CT molecular complexity index is 2600. The summed E-state index contributed by atoms with van der Waals surface area (Å²) in [5, 5.41) is 1.40. The Balaban J connectivity index is 0.929. The summed E-state index contributed by atoms with van der Waals surface area (Å²) in [5.74, 6) is -0.882. The lowest BCUT2D eigenvalue weighted by Crippen LogP contribution is -2.30. The van der Waals surface area contributed by atoms with E-state index in [-0.39, 0.29) is 33.5 Å². The van der Waals surface area contributed by atoms with E-state index in [1.165, 1.54) is 37.0 Å². The lowest BCUT2D eigenvalue weighted by atomic mass is 9.87. The highest BCUT2D eigenvalue weighted by atomic mass is 16.5. The minimum Gasteiger partial charge on any atom is -0.489 e. The molecule has 0 radical (unpaired) electrons. The van der Waals surface area contributed by atoms with Gasteiger partial charge in [-0.25, -0.2) is 9.88 Å². The number of anilines is 1. The Labute approximate surface area is 316 Å². The van der Waals surface area contributed by atoms with Crippen LogP contribution in [0.3, 0.4) is 0 Å². The van der Waals surface area contributed by atoms with Crippen molar-refractivity contribution in [1.82, 2.24) is 9.97 Å². The molecule has 1 N–H and O–H groups in total. The number of hydrogen-bond donors (Lipinski definition) is 1. The van der Waals surface area contributed by atoms with Crippen LogP contribution in [0.4, 0.5) is 5.69 Å². The molecule has 0 spiro atoms. The Morgan fingerprint density at radius 3 is 2.04 bits per heavy atom. The molecule has 4 aliphatic rings. The number of benzene rings is 5. The largest absolute Gasteiger partial charge is 0.489 e. The van der Waals surface area contributed by atoms with Crippen LogP contribution in [0.1, 0.15) is 115 Å². The number of nitrogens with zero attached hydrogens (tertiary/aromatic N) is 2. The third kappa shape index (κ3) is 5.51. The molecule has 10 rings (SSSR count). The van der Waals surface area contributed by atoms with E-state index < -0.39 is 34.9 Å². The van der Waals surface area contributed by atoms with E-state index in [0.29, 0.717) is 46.2 Å². The van der Waals surface area contributed by atoms with Gasteiger partial charge >= 0.3 is 0 Å². The molecule has 2 amide bonds. The van der Waals surface area contributed by atoms with Crippen molar-refractivity contribution >= 4 is 50.7 Å². The first-order valence-electron chi connectivity index (χ1n) is 19.2. The fourth-order valence-corrected chi connectivity index (χ4v) is 9.64. The average Bonchev–Trinajstić information content (AvgIpc) is 4.01. The summed E-state index contributed by atoms with van der Waals surface area (Å²) in [4.78, 5) is 77.8. The molecule has 2 heterocycles. The van der Waals surface area contributed by atoms with Crippen LogP contribution < -0.4 is 15.2 Å². The Morgan fingerprint density at radius 1 is 0.673 bits per heavy atom. The van der Waals surface area contributed by atoms with Crippen molar-refractivity contribution in [3.8, 4) is 5.75 Å². The second-order valence-corrected chi connectivity index (χ2v) is 15.5. The molecule has 3 aliphatic carbocycles. The summed E-state index contributed by atoms with van der Waals surface area (Å²) < 4.78 is 5.88. The van der Waals surface area contributed by atoms with Crippen LogP contribution in [0.25, 0.3) is 21.7 Å². The molecule has 9 nitrogen and oxygen atoms in total. The van der Waals surface area contributed by atoms with Crippen LogP contribution in [0, 0.1) is 11.8 Å². The smallest absolute Gasteiger partial charge is 0.266 e. The van der Waals surface area contributed by atoms with Crippen molar-refractivity contribution in [2.75, 3.05) is 4.90 Å². The number of H-pyrrole nitrogens is 1. The molecule has 2 saturated carbocycles. The molecule has 1 aliphatic heterocycles. The third-order valence-corrected chi connectivity index (χ3v) is 12.4. The maximum atomic E-state index is 14.1. The number of para-hydroxylation sites is 1. The zero-order valence-electron chi connectivity index (χ0n) is 30.0. The van der Waals surface area contributed by atoms with Gasteiger partial charge in [-0.3, -0.25) is 24.0 Å². The predicted octanol–water partition coefficient (Wildman–Crippen LogP) is 8.69. The first-order chi connectivity index (χ1) is 26.8. The molecule has 55 heavy (non-hydrogen) atoms. The summed E-state index contributed by atoms with van der Waals surface area (Å²) in [6, 6.07) is 28.9. The molecule has 1 aromatic heterocycles. The molecule has 5 aromatic carbocycles. The fraction of sp³-hybridized carbons (Fsp3) is 0.261. The fourth-order valence-electron chi connectivity index (χ4n) is 9.64. The summed E-state index contributed by atoms with van der Waals surface area (Å²) in [6.45, 7) is 0.325. The topological polar surface area (TPSA) is 126 Å². The summed E-state index contributed by atoms with van der Waals surface area (Å²) >= 11 is 0. The molecular weight excluding hydrogens is 691 g/mol. The van der Waals surface area contributed by atoms with Crippen molar-refractivity contribution in [3.63, 3.8) is 0 Å². The van der Waals surface area contributed by atoms with Crippen molar-refractivity contribution in [3.05, 3.63) is 147 Å². The normalized spacial score (nSPS) is 20.0. The van der Waals surface area contributed by atoms with Gasteiger partial charge in [-0.05, 0) is 107 Å². The number of carbonyl (C=O) groups excluding carboxylic acids is 4. The maximum Gasteiger partial charge on any atom is 0.266 e. The monoisotopic (exact) mass is 727 g/mol. The van der Waals surface area contributed by atoms with E-state index in [1.54, 1.807) is 42.5 Å². The Hall–Kier alpha value is -6.22. The van der Waals surface area contributed by atoms with Gasteiger partial charge in [0.1, 0.15) is 24.1 Å². The molecule has 2 fully saturated rings. The molecule has 0 saturated heterocycles. The van der Waals surface area contributed by atoms with Crippen LogP contribution in [-0.4, -0.2) is 33.3 Å². The van der Waals surface area contributed by atoms with Crippen LogP contribution in [0.2, 0.25) is 0 Å². The van der Waals surface area contributed by atoms with Gasteiger partial charge in [0.05, 0.1) is 27.7 Å². The van der Waals surface area contributed by atoms with Gasteiger partial charge in [-0.2, -0.15) is 0 Å². The minimum absolute atomic E-state index is 0.0373. The lowest BCUT2D eigenvalue weighted by Gasteiger charge is -2.23. The molecule has 9 heteroatoms. The zero-order chi connectivity index (χ0) is 37.4. The van der Waals surface area contributed by atoms with E-state index >= 15 is 0 Å². The summed E-state index contributed by atoms with van der Waals surface area (Å²) in [6.07, 6.45) is 8.55. The predicted molar refractivity (Wildman–Crippen MR) is 208 cm³/mol. The summed E-state index contributed by atoms with van der Waals surface area (Å²) in [7, 11) is 0. The Morgan fingerprint density at radius 2 is 1.33 bits per heavy atom. The number of aromatic nitrogens is 2. The number of amides is 2. The molecule has 0 bridgehead atoms. The molecular formula is C46H37N3O6. The molecule has 2 atom stereocenters. The number of fused-ring (bicyclic) bond motifs is 4. The second-order valence-electron chi connectivity index (χ2n) is 15.5. The minimum atomic E-state index is -1.33. The van der Waals surface area contributed by atoms with E-state index in [0.717, 1.165) is 29.9 Å². The maximum absolute atomic E-state index is 14.1. The van der Waals surface area contributed by atoms with Crippen LogP contribution in [-0.2, 0) is 6.61 Å². The number of ether oxygens (including phenoxy) is 1. The van der Waals surface area contributed by atoms with Gasteiger partial charge < -0.3 is 9.72 Å². The van der Waals surface area contributed by atoms with E-state index in [1.807, 2.05) is 48.5 Å². The lowest BCUT2D eigenvalue weighted by molar-refractivity contribution is 0.0880. The highest BCUT2D eigenvalue weighted by Crippen LogP contribution is 2.49. The van der Waals surface area contributed by atoms with Gasteiger partial charge in [0.2, 0.25) is 0 Å². The van der Waals surface area contributed by atoms with Crippen molar-refractivity contribution < 1.29 is 23.9 Å². The summed E-state index contributed by atoms with van der Waals surface area (Å²) in [5.41, 5.74) is 3.40. The highest BCUT2D eigenvalue weighted by Gasteiger charge is 2.44. The van der Waals surface area contributed by atoms with Gasteiger partial charge in [0, 0.05) is 11.1 Å². The first-order valence-corrected chi connectivity index (χ1v) is 19.2. The van der Waals surface area contributed by atoms with Gasteiger partial charge in [0.15, 0.2) is 11.6 Å². The molecule has 2 unspecified atom stereocenters. The first kappa shape index (κ1) is 33.4. The number of carbonyl (C=O) groups is 4. The quantitative estimate of drug-likeness (QED) is 0.129. The van der Waals surface area contributed by atoms with Crippen molar-refractivity contribution in [1.29, 1.82) is 0 Å². The van der Waals surface area contributed by atoms with E-state index in [2.05, 4.69) is 16.0 Å². The number of ketones is 2. The highest BCUT2D eigenvalue weighted by molar-refractivity contribution is 6.36. The zero-order valence-corrected chi connectivity index (χ0v) is 30.0. The van der Waals surface area contributed by atoms with E-state index in [4.69, 9.17) is 4.74 Å². The number of nitrogens with one attached hydrogen (secondary N) is 1.